The minimum absolute atomic E-state index is 0.0389. The maximum atomic E-state index is 12.1. The van der Waals surface area contributed by atoms with Gasteiger partial charge >= 0.3 is 0 Å². The monoisotopic (exact) mass is 283 g/mol. The highest BCUT2D eigenvalue weighted by molar-refractivity contribution is 7.11. The van der Waals surface area contributed by atoms with Crippen molar-refractivity contribution < 1.29 is 9.53 Å². The van der Waals surface area contributed by atoms with Crippen LogP contribution in [0, 0.1) is 0 Å². The van der Waals surface area contributed by atoms with Gasteiger partial charge in [-0.1, -0.05) is 13.8 Å². The average Bonchev–Trinajstić information content (AvgIpc) is 2.85. The van der Waals surface area contributed by atoms with Gasteiger partial charge in [-0.2, -0.15) is 0 Å². The Morgan fingerprint density at radius 2 is 2.47 bits per heavy atom. The lowest BCUT2D eigenvalue weighted by molar-refractivity contribution is -0.0174. The van der Waals surface area contributed by atoms with Crippen LogP contribution in [-0.4, -0.2) is 55.2 Å². The van der Waals surface area contributed by atoms with E-state index in [-0.39, 0.29) is 17.9 Å². The lowest BCUT2D eigenvalue weighted by Crippen LogP contribution is -2.45. The van der Waals surface area contributed by atoms with Crippen LogP contribution in [0.15, 0.2) is 5.51 Å². The van der Waals surface area contributed by atoms with Crippen LogP contribution in [0.1, 0.15) is 35.1 Å². The van der Waals surface area contributed by atoms with Crippen molar-refractivity contribution in [2.45, 2.75) is 25.9 Å². The summed E-state index contributed by atoms with van der Waals surface area (Å²) in [5.41, 5.74) is 2.61. The summed E-state index contributed by atoms with van der Waals surface area (Å²) in [7, 11) is 2.07. The van der Waals surface area contributed by atoms with Gasteiger partial charge in [-0.05, 0) is 13.0 Å². The van der Waals surface area contributed by atoms with Crippen molar-refractivity contribution in [2.75, 3.05) is 33.3 Å². The van der Waals surface area contributed by atoms with Crippen LogP contribution in [0.2, 0.25) is 0 Å². The number of carbonyl (C=O) groups is 1. The van der Waals surface area contributed by atoms with E-state index in [1.54, 1.807) is 5.51 Å². The average molecular weight is 283 g/mol. The number of ether oxygens (including phenoxy) is 1. The van der Waals surface area contributed by atoms with E-state index in [2.05, 4.69) is 22.2 Å². The molecule has 0 aromatic carbocycles. The van der Waals surface area contributed by atoms with Crippen molar-refractivity contribution >= 4 is 17.2 Å². The van der Waals surface area contributed by atoms with E-state index in [0.29, 0.717) is 6.54 Å². The van der Waals surface area contributed by atoms with Crippen LogP contribution in [0.3, 0.4) is 0 Å². The van der Waals surface area contributed by atoms with Crippen molar-refractivity contribution in [3.8, 4) is 0 Å². The van der Waals surface area contributed by atoms with Crippen LogP contribution >= 0.6 is 11.3 Å². The summed E-state index contributed by atoms with van der Waals surface area (Å²) in [5, 5.41) is 2.95. The van der Waals surface area contributed by atoms with Crippen molar-refractivity contribution in [3.63, 3.8) is 0 Å². The summed E-state index contributed by atoms with van der Waals surface area (Å²) in [5.74, 6) is 0.229. The second-order valence-electron chi connectivity index (χ2n) is 5.19. The van der Waals surface area contributed by atoms with E-state index in [9.17, 15) is 4.79 Å². The molecule has 1 saturated heterocycles. The van der Waals surface area contributed by atoms with Gasteiger partial charge in [0.2, 0.25) is 0 Å². The van der Waals surface area contributed by atoms with E-state index >= 15 is 0 Å². The predicted molar refractivity (Wildman–Crippen MR) is 75.8 cm³/mol. The number of nitrogens with one attached hydrogen (secondary N) is 1. The second kappa shape index (κ2) is 6.45. The van der Waals surface area contributed by atoms with Crippen LogP contribution in [0.4, 0.5) is 0 Å². The molecule has 2 rings (SSSR count). The van der Waals surface area contributed by atoms with Crippen LogP contribution in [0.5, 0.6) is 0 Å². The zero-order chi connectivity index (χ0) is 13.8. The molecule has 1 N–H and O–H groups in total. The zero-order valence-electron chi connectivity index (χ0n) is 11.7. The molecular weight excluding hydrogens is 262 g/mol. The van der Waals surface area contributed by atoms with Gasteiger partial charge in [0.05, 0.1) is 23.9 Å². The summed E-state index contributed by atoms with van der Waals surface area (Å²) in [4.78, 5) is 19.3. The lowest BCUT2D eigenvalue weighted by atomic mass is 10.1. The Bertz CT molecular complexity index is 433. The molecule has 0 aliphatic carbocycles. The Kier molecular flexibility index (Phi) is 4.90. The Morgan fingerprint density at radius 3 is 3.16 bits per heavy atom. The van der Waals surface area contributed by atoms with Gasteiger partial charge in [0, 0.05) is 19.6 Å². The van der Waals surface area contributed by atoms with Gasteiger partial charge in [-0.25, -0.2) is 4.98 Å². The maximum Gasteiger partial charge on any atom is 0.263 e. The molecule has 1 atom stereocenters. The number of aromatic nitrogens is 1. The van der Waals surface area contributed by atoms with Crippen molar-refractivity contribution in [2.24, 2.45) is 0 Å². The number of thiazole rings is 1. The van der Waals surface area contributed by atoms with Crippen molar-refractivity contribution in [3.05, 3.63) is 16.1 Å². The van der Waals surface area contributed by atoms with Crippen molar-refractivity contribution in [1.29, 1.82) is 0 Å². The number of rotatable bonds is 4. The first-order valence-corrected chi connectivity index (χ1v) is 7.47. The van der Waals surface area contributed by atoms with Gasteiger partial charge in [0.15, 0.2) is 0 Å². The SMILES string of the molecule is CC(C)c1ncsc1C(=O)NCC1CN(C)CCO1. The van der Waals surface area contributed by atoms with Gasteiger partial charge < -0.3 is 15.0 Å². The van der Waals surface area contributed by atoms with Gasteiger partial charge in [-0.15, -0.1) is 11.3 Å². The largest absolute Gasteiger partial charge is 0.374 e. The molecule has 0 saturated carbocycles. The Hall–Kier alpha value is -0.980. The third-order valence-electron chi connectivity index (χ3n) is 3.18. The molecule has 6 heteroatoms. The van der Waals surface area contributed by atoms with Gasteiger partial charge in [-0.3, -0.25) is 4.79 Å². The topological polar surface area (TPSA) is 54.5 Å². The maximum absolute atomic E-state index is 12.1. The summed E-state index contributed by atoms with van der Waals surface area (Å²) in [6.45, 7) is 7.19. The summed E-state index contributed by atoms with van der Waals surface area (Å²) < 4.78 is 5.63. The first-order chi connectivity index (χ1) is 9.08. The molecule has 0 spiro atoms. The van der Waals surface area contributed by atoms with E-state index < -0.39 is 0 Å². The first kappa shape index (κ1) is 14.4. The van der Waals surface area contributed by atoms with Crippen LogP contribution < -0.4 is 5.32 Å². The lowest BCUT2D eigenvalue weighted by Gasteiger charge is -2.30. The number of likely N-dealkylation sites (N-methyl/N-ethyl adjacent to an activating group) is 1. The third-order valence-corrected chi connectivity index (χ3v) is 4.02. The number of nitrogens with zero attached hydrogens (tertiary/aromatic N) is 2. The minimum Gasteiger partial charge on any atom is -0.374 e. The first-order valence-electron chi connectivity index (χ1n) is 6.59. The Morgan fingerprint density at radius 1 is 1.68 bits per heavy atom. The van der Waals surface area contributed by atoms with Gasteiger partial charge in [0.25, 0.3) is 5.91 Å². The molecule has 1 unspecified atom stereocenters. The fourth-order valence-electron chi connectivity index (χ4n) is 2.11. The third kappa shape index (κ3) is 3.75. The van der Waals surface area contributed by atoms with Crippen LogP contribution in [0.25, 0.3) is 0 Å². The molecule has 1 aliphatic heterocycles. The molecule has 1 aliphatic rings. The molecule has 1 fully saturated rings. The van der Waals surface area contributed by atoms with Crippen LogP contribution in [-0.2, 0) is 4.74 Å². The van der Waals surface area contributed by atoms with E-state index in [0.717, 1.165) is 30.3 Å². The number of amides is 1. The van der Waals surface area contributed by atoms with E-state index in [1.165, 1.54) is 11.3 Å². The second-order valence-corrected chi connectivity index (χ2v) is 6.04. The smallest absolute Gasteiger partial charge is 0.263 e. The van der Waals surface area contributed by atoms with Gasteiger partial charge in [0.1, 0.15) is 4.88 Å². The molecule has 1 aromatic heterocycles. The molecule has 19 heavy (non-hydrogen) atoms. The fourth-order valence-corrected chi connectivity index (χ4v) is 2.97. The summed E-state index contributed by atoms with van der Waals surface area (Å²) in [6.07, 6.45) is 0.0816. The number of morpholine rings is 1. The fraction of sp³-hybridized carbons (Fsp3) is 0.692. The Labute approximate surface area is 118 Å². The van der Waals surface area contributed by atoms with E-state index in [4.69, 9.17) is 4.74 Å². The molecule has 106 valence electrons. The number of carbonyl (C=O) groups excluding carboxylic acids is 1. The molecular formula is C13H21N3O2S. The summed E-state index contributed by atoms with van der Waals surface area (Å²) >= 11 is 1.40. The summed E-state index contributed by atoms with van der Waals surface area (Å²) in [6, 6.07) is 0. The number of hydrogen-bond donors (Lipinski definition) is 1. The molecule has 1 aromatic rings. The zero-order valence-corrected chi connectivity index (χ0v) is 12.5. The normalized spacial score (nSPS) is 20.7. The molecule has 1 amide bonds. The van der Waals surface area contributed by atoms with E-state index in [1.807, 2.05) is 13.8 Å². The highest BCUT2D eigenvalue weighted by Gasteiger charge is 2.21. The highest BCUT2D eigenvalue weighted by atomic mass is 32.1. The minimum atomic E-state index is -0.0389. The quantitative estimate of drug-likeness (QED) is 0.905. The van der Waals surface area contributed by atoms with Crippen molar-refractivity contribution in [1.82, 2.24) is 15.2 Å². The molecule has 0 radical (unpaired) electrons. The molecule has 5 nitrogen and oxygen atoms in total. The highest BCUT2D eigenvalue weighted by Crippen LogP contribution is 2.21. The standard InChI is InChI=1S/C13H21N3O2S/c1-9(2)11-12(19-8-15-11)13(17)14-6-10-7-16(3)4-5-18-10/h8-10H,4-7H2,1-3H3,(H,14,17). The predicted octanol–water partition coefficient (Wildman–Crippen LogP) is 1.33. The molecule has 2 heterocycles. The number of hydrogen-bond acceptors (Lipinski definition) is 5. The molecule has 0 bridgehead atoms. The Balaban J connectivity index is 1.88.